The van der Waals surface area contributed by atoms with Gasteiger partial charge in [-0.25, -0.2) is 0 Å². The molecule has 0 aromatic carbocycles. The number of carbonyl (C=O) groups is 1. The summed E-state index contributed by atoms with van der Waals surface area (Å²) in [5.41, 5.74) is 6.62. The molecule has 1 atom stereocenters. The highest BCUT2D eigenvalue weighted by atomic mass is 16.2. The molecule has 0 saturated carbocycles. The first-order valence-corrected chi connectivity index (χ1v) is 4.81. The zero-order chi connectivity index (χ0) is 11.5. The van der Waals surface area contributed by atoms with Gasteiger partial charge in [0.2, 0.25) is 5.91 Å². The summed E-state index contributed by atoms with van der Waals surface area (Å²) in [4.78, 5) is 13.4. The SMILES string of the molecule is C=C(C)CN(C)C(=O)[C@@H](N)C(C)(C)C. The highest BCUT2D eigenvalue weighted by Gasteiger charge is 2.29. The van der Waals surface area contributed by atoms with Gasteiger partial charge in [0.05, 0.1) is 6.04 Å². The second kappa shape index (κ2) is 4.60. The predicted octanol–water partition coefficient (Wildman–Crippen LogP) is 1.39. The van der Waals surface area contributed by atoms with Crippen LogP contribution in [-0.4, -0.2) is 30.4 Å². The van der Waals surface area contributed by atoms with Crippen molar-refractivity contribution < 1.29 is 4.79 Å². The van der Waals surface area contributed by atoms with Crippen molar-refractivity contribution in [3.8, 4) is 0 Å². The quantitative estimate of drug-likeness (QED) is 0.697. The smallest absolute Gasteiger partial charge is 0.240 e. The maximum absolute atomic E-state index is 11.8. The van der Waals surface area contributed by atoms with Gasteiger partial charge in [0, 0.05) is 13.6 Å². The summed E-state index contributed by atoms with van der Waals surface area (Å²) in [7, 11) is 1.75. The van der Waals surface area contributed by atoms with Crippen LogP contribution in [0.15, 0.2) is 12.2 Å². The highest BCUT2D eigenvalue weighted by molar-refractivity contribution is 5.82. The Bertz CT molecular complexity index is 228. The maximum Gasteiger partial charge on any atom is 0.240 e. The van der Waals surface area contributed by atoms with E-state index in [2.05, 4.69) is 6.58 Å². The van der Waals surface area contributed by atoms with Crippen molar-refractivity contribution in [1.82, 2.24) is 4.90 Å². The van der Waals surface area contributed by atoms with Gasteiger partial charge in [-0.15, -0.1) is 0 Å². The molecule has 3 heteroatoms. The van der Waals surface area contributed by atoms with Crippen LogP contribution in [0, 0.1) is 5.41 Å². The van der Waals surface area contributed by atoms with E-state index in [-0.39, 0.29) is 11.3 Å². The Morgan fingerprint density at radius 2 is 1.93 bits per heavy atom. The molecule has 0 heterocycles. The van der Waals surface area contributed by atoms with E-state index in [1.807, 2.05) is 27.7 Å². The fourth-order valence-corrected chi connectivity index (χ4v) is 1.09. The van der Waals surface area contributed by atoms with Gasteiger partial charge in [0.1, 0.15) is 0 Å². The van der Waals surface area contributed by atoms with Crippen LogP contribution in [0.2, 0.25) is 0 Å². The van der Waals surface area contributed by atoms with Crippen LogP contribution in [0.25, 0.3) is 0 Å². The molecule has 0 aliphatic heterocycles. The van der Waals surface area contributed by atoms with Crippen LogP contribution in [-0.2, 0) is 4.79 Å². The Morgan fingerprint density at radius 1 is 1.50 bits per heavy atom. The van der Waals surface area contributed by atoms with Crippen LogP contribution in [0.4, 0.5) is 0 Å². The molecule has 0 aliphatic rings. The number of nitrogens with zero attached hydrogens (tertiary/aromatic N) is 1. The number of likely N-dealkylation sites (N-methyl/N-ethyl adjacent to an activating group) is 1. The number of nitrogens with two attached hydrogens (primary N) is 1. The van der Waals surface area contributed by atoms with Crippen molar-refractivity contribution >= 4 is 5.91 Å². The van der Waals surface area contributed by atoms with Crippen molar-refractivity contribution in [2.75, 3.05) is 13.6 Å². The summed E-state index contributed by atoms with van der Waals surface area (Å²) in [5, 5.41) is 0. The summed E-state index contributed by atoms with van der Waals surface area (Å²) in [6.45, 7) is 12.1. The Balaban J connectivity index is 4.40. The molecule has 0 saturated heterocycles. The van der Waals surface area contributed by atoms with Gasteiger partial charge >= 0.3 is 0 Å². The average Bonchev–Trinajstić information content (AvgIpc) is 1.98. The van der Waals surface area contributed by atoms with E-state index in [1.54, 1.807) is 11.9 Å². The predicted molar refractivity (Wildman–Crippen MR) is 59.9 cm³/mol. The van der Waals surface area contributed by atoms with Crippen molar-refractivity contribution in [2.24, 2.45) is 11.1 Å². The Morgan fingerprint density at radius 3 is 2.21 bits per heavy atom. The molecular formula is C11H22N2O. The molecule has 14 heavy (non-hydrogen) atoms. The van der Waals surface area contributed by atoms with Gasteiger partial charge in [-0.1, -0.05) is 32.9 Å². The summed E-state index contributed by atoms with van der Waals surface area (Å²) < 4.78 is 0. The van der Waals surface area contributed by atoms with Crippen molar-refractivity contribution in [2.45, 2.75) is 33.7 Å². The molecule has 0 fully saturated rings. The molecule has 1 amide bonds. The van der Waals surface area contributed by atoms with Crippen LogP contribution in [0.3, 0.4) is 0 Å². The van der Waals surface area contributed by atoms with Crippen LogP contribution < -0.4 is 5.73 Å². The Labute approximate surface area is 87.0 Å². The van der Waals surface area contributed by atoms with Gasteiger partial charge in [-0.3, -0.25) is 4.79 Å². The fourth-order valence-electron chi connectivity index (χ4n) is 1.09. The Kier molecular flexibility index (Phi) is 4.33. The zero-order valence-electron chi connectivity index (χ0n) is 9.92. The molecule has 0 rings (SSSR count). The van der Waals surface area contributed by atoms with Crippen molar-refractivity contribution in [3.05, 3.63) is 12.2 Å². The summed E-state index contributed by atoms with van der Waals surface area (Å²) in [5.74, 6) is -0.0273. The summed E-state index contributed by atoms with van der Waals surface area (Å²) in [6.07, 6.45) is 0. The molecule has 0 aromatic heterocycles. The molecule has 0 spiro atoms. The van der Waals surface area contributed by atoms with Gasteiger partial charge in [0.15, 0.2) is 0 Å². The monoisotopic (exact) mass is 198 g/mol. The van der Waals surface area contributed by atoms with E-state index in [4.69, 9.17) is 5.73 Å². The summed E-state index contributed by atoms with van der Waals surface area (Å²) >= 11 is 0. The third-order valence-electron chi connectivity index (χ3n) is 2.08. The normalized spacial score (nSPS) is 13.6. The maximum atomic E-state index is 11.8. The van der Waals surface area contributed by atoms with Crippen molar-refractivity contribution in [1.29, 1.82) is 0 Å². The lowest BCUT2D eigenvalue weighted by atomic mass is 9.86. The van der Waals surface area contributed by atoms with E-state index in [9.17, 15) is 4.79 Å². The fraction of sp³-hybridized carbons (Fsp3) is 0.727. The van der Waals surface area contributed by atoms with Crippen LogP contribution in [0.5, 0.6) is 0 Å². The molecule has 0 bridgehead atoms. The Hall–Kier alpha value is -0.830. The molecule has 3 nitrogen and oxygen atoms in total. The average molecular weight is 198 g/mol. The lowest BCUT2D eigenvalue weighted by Crippen LogP contribution is -2.49. The molecule has 82 valence electrons. The topological polar surface area (TPSA) is 46.3 Å². The minimum absolute atomic E-state index is 0.0273. The lowest BCUT2D eigenvalue weighted by Gasteiger charge is -2.30. The van der Waals surface area contributed by atoms with E-state index < -0.39 is 6.04 Å². The second-order valence-electron chi connectivity index (χ2n) is 5.00. The first kappa shape index (κ1) is 13.2. The van der Waals surface area contributed by atoms with Crippen molar-refractivity contribution in [3.63, 3.8) is 0 Å². The summed E-state index contributed by atoms with van der Waals surface area (Å²) in [6, 6.07) is -0.452. The molecule has 0 radical (unpaired) electrons. The molecular weight excluding hydrogens is 176 g/mol. The van der Waals surface area contributed by atoms with E-state index in [0.717, 1.165) is 5.57 Å². The minimum Gasteiger partial charge on any atom is -0.340 e. The molecule has 0 aliphatic carbocycles. The number of hydrogen-bond donors (Lipinski definition) is 1. The standard InChI is InChI=1S/C11H22N2O/c1-8(2)7-13(6)10(14)9(12)11(3,4)5/h9H,1,7,12H2,2-6H3/t9-/m1/s1. The van der Waals surface area contributed by atoms with E-state index in [1.165, 1.54) is 0 Å². The van der Waals surface area contributed by atoms with Crippen LogP contribution in [0.1, 0.15) is 27.7 Å². The molecule has 0 unspecified atom stereocenters. The third-order valence-corrected chi connectivity index (χ3v) is 2.08. The number of hydrogen-bond acceptors (Lipinski definition) is 2. The number of amides is 1. The van der Waals surface area contributed by atoms with Gasteiger partial charge in [-0.2, -0.15) is 0 Å². The first-order valence-electron chi connectivity index (χ1n) is 4.81. The zero-order valence-corrected chi connectivity index (χ0v) is 9.92. The number of rotatable bonds is 3. The first-order chi connectivity index (χ1) is 6.16. The molecule has 2 N–H and O–H groups in total. The van der Waals surface area contributed by atoms with E-state index in [0.29, 0.717) is 6.54 Å². The van der Waals surface area contributed by atoms with Gasteiger partial charge in [0.25, 0.3) is 0 Å². The molecule has 0 aromatic rings. The van der Waals surface area contributed by atoms with E-state index >= 15 is 0 Å². The lowest BCUT2D eigenvalue weighted by molar-refractivity contribution is -0.133. The van der Waals surface area contributed by atoms with Gasteiger partial charge in [-0.05, 0) is 12.3 Å². The third kappa shape index (κ3) is 3.92. The minimum atomic E-state index is -0.452. The number of carbonyl (C=O) groups excluding carboxylic acids is 1. The second-order valence-corrected chi connectivity index (χ2v) is 5.00. The van der Waals surface area contributed by atoms with Gasteiger partial charge < -0.3 is 10.6 Å². The largest absolute Gasteiger partial charge is 0.340 e. The highest BCUT2D eigenvalue weighted by Crippen LogP contribution is 2.18. The van der Waals surface area contributed by atoms with Crippen LogP contribution >= 0.6 is 0 Å².